The van der Waals surface area contributed by atoms with Gasteiger partial charge in [0, 0.05) is 23.0 Å². The Morgan fingerprint density at radius 3 is 2.62 bits per heavy atom. The van der Waals surface area contributed by atoms with E-state index in [0.717, 1.165) is 28.9 Å². The van der Waals surface area contributed by atoms with Crippen LogP contribution in [0.2, 0.25) is 5.02 Å². The van der Waals surface area contributed by atoms with Gasteiger partial charge in [-0.25, -0.2) is 0 Å². The predicted octanol–water partition coefficient (Wildman–Crippen LogP) is 4.56. The number of ether oxygens (including phenoxy) is 1. The van der Waals surface area contributed by atoms with Crippen molar-refractivity contribution in [1.82, 2.24) is 9.97 Å². The molecule has 2 rings (SSSR count). The fraction of sp³-hybridized carbons (Fsp3) is 0.474. The number of aromatic nitrogens is 2. The van der Waals surface area contributed by atoms with E-state index in [2.05, 4.69) is 16.9 Å². The Labute approximate surface area is 149 Å². The van der Waals surface area contributed by atoms with Crippen molar-refractivity contribution in [2.75, 3.05) is 6.61 Å². The third-order valence-corrected chi connectivity index (χ3v) is 4.25. The number of pyridine rings is 2. The van der Waals surface area contributed by atoms with Crippen molar-refractivity contribution >= 4 is 11.6 Å². The van der Waals surface area contributed by atoms with Crippen LogP contribution in [0.5, 0.6) is 5.75 Å². The van der Waals surface area contributed by atoms with Crippen LogP contribution < -0.4 is 10.5 Å². The maximum atomic E-state index is 6.38. The molecule has 0 saturated heterocycles. The maximum absolute atomic E-state index is 6.38. The molecule has 1 unspecified atom stereocenters. The van der Waals surface area contributed by atoms with Crippen LogP contribution in [-0.2, 0) is 0 Å². The summed E-state index contributed by atoms with van der Waals surface area (Å²) in [4.78, 5) is 8.79. The Morgan fingerprint density at radius 2 is 2.00 bits per heavy atom. The monoisotopic (exact) mass is 347 g/mol. The fourth-order valence-electron chi connectivity index (χ4n) is 2.78. The van der Waals surface area contributed by atoms with E-state index in [1.165, 1.54) is 0 Å². The van der Waals surface area contributed by atoms with Crippen LogP contribution in [0.15, 0.2) is 24.5 Å². The molecule has 0 amide bonds. The molecular formula is C19H26ClN3O. The second-order valence-corrected chi connectivity index (χ2v) is 7.58. The molecule has 0 fully saturated rings. The van der Waals surface area contributed by atoms with E-state index in [1.54, 1.807) is 12.4 Å². The molecule has 130 valence electrons. The predicted molar refractivity (Wildman–Crippen MR) is 99.5 cm³/mol. The molecule has 1 atom stereocenters. The summed E-state index contributed by atoms with van der Waals surface area (Å²) < 4.78 is 5.83. The lowest BCUT2D eigenvalue weighted by Crippen LogP contribution is -2.35. The molecule has 2 aromatic rings. The Hall–Kier alpha value is -1.65. The van der Waals surface area contributed by atoms with Gasteiger partial charge in [0.1, 0.15) is 0 Å². The third-order valence-electron chi connectivity index (χ3n) is 3.95. The average Bonchev–Trinajstić information content (AvgIpc) is 2.47. The van der Waals surface area contributed by atoms with Crippen LogP contribution in [0, 0.1) is 19.8 Å². The van der Waals surface area contributed by atoms with E-state index in [4.69, 9.17) is 22.1 Å². The van der Waals surface area contributed by atoms with Gasteiger partial charge in [-0.05, 0) is 57.7 Å². The Balaban J connectivity index is 2.11. The van der Waals surface area contributed by atoms with Gasteiger partial charge >= 0.3 is 0 Å². The van der Waals surface area contributed by atoms with Gasteiger partial charge in [-0.2, -0.15) is 0 Å². The summed E-state index contributed by atoms with van der Waals surface area (Å²) in [7, 11) is 0. The molecule has 24 heavy (non-hydrogen) atoms. The van der Waals surface area contributed by atoms with Crippen LogP contribution in [0.1, 0.15) is 38.4 Å². The lowest BCUT2D eigenvalue weighted by atomic mass is 9.93. The zero-order valence-electron chi connectivity index (χ0n) is 15.1. The number of aryl methyl sites for hydroxylation is 1. The van der Waals surface area contributed by atoms with Crippen LogP contribution in [0.3, 0.4) is 0 Å². The largest absolute Gasteiger partial charge is 0.490 e. The minimum absolute atomic E-state index is 0.203. The smallest absolute Gasteiger partial charge is 0.156 e. The van der Waals surface area contributed by atoms with Gasteiger partial charge in [0.2, 0.25) is 0 Å². The maximum Gasteiger partial charge on any atom is 0.156 e. The van der Waals surface area contributed by atoms with E-state index < -0.39 is 0 Å². The second kappa shape index (κ2) is 7.49. The quantitative estimate of drug-likeness (QED) is 0.832. The van der Waals surface area contributed by atoms with Gasteiger partial charge in [0.15, 0.2) is 5.75 Å². The lowest BCUT2D eigenvalue weighted by Gasteiger charge is -2.23. The third kappa shape index (κ3) is 4.92. The second-order valence-electron chi connectivity index (χ2n) is 7.18. The van der Waals surface area contributed by atoms with E-state index in [1.807, 2.05) is 39.8 Å². The number of hydrogen-bond donors (Lipinski definition) is 1. The minimum atomic E-state index is -0.203. The molecule has 5 heteroatoms. The number of hydrogen-bond acceptors (Lipinski definition) is 4. The lowest BCUT2D eigenvalue weighted by molar-refractivity contribution is 0.229. The van der Waals surface area contributed by atoms with Gasteiger partial charge < -0.3 is 10.5 Å². The highest BCUT2D eigenvalue weighted by Gasteiger charge is 2.17. The molecule has 0 aliphatic rings. The van der Waals surface area contributed by atoms with E-state index >= 15 is 0 Å². The minimum Gasteiger partial charge on any atom is -0.490 e. The van der Waals surface area contributed by atoms with Gasteiger partial charge in [-0.1, -0.05) is 18.5 Å². The van der Waals surface area contributed by atoms with Crippen molar-refractivity contribution in [2.24, 2.45) is 11.7 Å². The summed E-state index contributed by atoms with van der Waals surface area (Å²) >= 11 is 6.38. The van der Waals surface area contributed by atoms with E-state index in [-0.39, 0.29) is 5.54 Å². The van der Waals surface area contributed by atoms with Crippen LogP contribution in [-0.4, -0.2) is 22.1 Å². The Morgan fingerprint density at radius 1 is 1.29 bits per heavy atom. The molecule has 0 bridgehead atoms. The number of rotatable bonds is 6. The van der Waals surface area contributed by atoms with Crippen molar-refractivity contribution in [1.29, 1.82) is 0 Å². The molecule has 4 nitrogen and oxygen atoms in total. The highest BCUT2D eigenvalue weighted by molar-refractivity contribution is 6.32. The van der Waals surface area contributed by atoms with Crippen LogP contribution >= 0.6 is 11.6 Å². The molecule has 0 aromatic carbocycles. The van der Waals surface area contributed by atoms with Crippen molar-refractivity contribution < 1.29 is 4.74 Å². The van der Waals surface area contributed by atoms with Crippen LogP contribution in [0.4, 0.5) is 0 Å². The molecule has 2 aromatic heterocycles. The first-order valence-electron chi connectivity index (χ1n) is 8.17. The summed E-state index contributed by atoms with van der Waals surface area (Å²) in [6.45, 7) is 10.7. The van der Waals surface area contributed by atoms with Gasteiger partial charge in [-0.15, -0.1) is 0 Å². The van der Waals surface area contributed by atoms with Crippen molar-refractivity contribution in [2.45, 2.75) is 46.6 Å². The first kappa shape index (κ1) is 18.7. The summed E-state index contributed by atoms with van der Waals surface area (Å²) in [5.74, 6) is 0.941. The zero-order valence-corrected chi connectivity index (χ0v) is 15.8. The van der Waals surface area contributed by atoms with Gasteiger partial charge in [-0.3, -0.25) is 9.97 Å². The number of nitrogens with zero attached hydrogens (tertiary/aromatic N) is 2. The first-order valence-corrected chi connectivity index (χ1v) is 8.55. The highest BCUT2D eigenvalue weighted by Crippen LogP contribution is 2.30. The summed E-state index contributed by atoms with van der Waals surface area (Å²) in [5.41, 5.74) is 9.80. The summed E-state index contributed by atoms with van der Waals surface area (Å²) in [6, 6.07) is 3.79. The van der Waals surface area contributed by atoms with E-state index in [0.29, 0.717) is 23.3 Å². The molecule has 0 aliphatic carbocycles. The molecule has 2 heterocycles. The average molecular weight is 348 g/mol. The van der Waals surface area contributed by atoms with Gasteiger partial charge in [0.25, 0.3) is 0 Å². The molecule has 0 spiro atoms. The first-order chi connectivity index (χ1) is 11.2. The normalized spacial score (nSPS) is 13.0. The highest BCUT2D eigenvalue weighted by atomic mass is 35.5. The SMILES string of the molecule is Cc1nccc(-c2cc(Cl)c(OCC(C)CC(C)(C)N)cn2)c1C. The molecule has 0 saturated carbocycles. The molecule has 2 N–H and O–H groups in total. The number of nitrogens with two attached hydrogens (primary N) is 1. The van der Waals surface area contributed by atoms with E-state index in [9.17, 15) is 0 Å². The van der Waals surface area contributed by atoms with Crippen molar-refractivity contribution in [3.05, 3.63) is 40.8 Å². The van der Waals surface area contributed by atoms with Crippen LogP contribution in [0.25, 0.3) is 11.3 Å². The fourth-order valence-corrected chi connectivity index (χ4v) is 2.99. The Kier molecular flexibility index (Phi) is 5.83. The zero-order chi connectivity index (χ0) is 17.9. The number of halogens is 1. The topological polar surface area (TPSA) is 61.0 Å². The molecule has 0 radical (unpaired) electrons. The summed E-state index contributed by atoms with van der Waals surface area (Å²) in [5, 5.41) is 0.563. The van der Waals surface area contributed by atoms with Gasteiger partial charge in [0.05, 0.1) is 23.5 Å². The standard InChI is InChI=1S/C19H26ClN3O/c1-12(9-19(4,5)21)11-24-18-10-23-17(8-16(18)20)15-6-7-22-14(3)13(15)2/h6-8,10,12H,9,11,21H2,1-5H3. The molecular weight excluding hydrogens is 322 g/mol. The summed E-state index contributed by atoms with van der Waals surface area (Å²) in [6.07, 6.45) is 4.35. The van der Waals surface area contributed by atoms with Crippen molar-refractivity contribution in [3.63, 3.8) is 0 Å². The van der Waals surface area contributed by atoms with Crippen molar-refractivity contribution in [3.8, 4) is 17.0 Å². The Bertz CT molecular complexity index is 710. The molecule has 0 aliphatic heterocycles.